The molecular formula is C19H24ClN3O. The van der Waals surface area contributed by atoms with E-state index in [9.17, 15) is 5.11 Å². The zero-order valence-corrected chi connectivity index (χ0v) is 15.1. The number of hydrogen-bond donors (Lipinski definition) is 2. The largest absolute Gasteiger partial charge is 0.508 e. The fourth-order valence-electron chi connectivity index (χ4n) is 2.39. The molecule has 128 valence electrons. The molecule has 0 fully saturated rings. The molecule has 0 heterocycles. The number of hydrazone groups is 1. The lowest BCUT2D eigenvalue weighted by Crippen LogP contribution is -2.22. The number of phenolic OH excluding ortho intramolecular Hbond substituents is 1. The van der Waals surface area contributed by atoms with E-state index in [1.54, 1.807) is 6.07 Å². The van der Waals surface area contributed by atoms with Crippen molar-refractivity contribution in [3.63, 3.8) is 0 Å². The van der Waals surface area contributed by atoms with Gasteiger partial charge in [-0.3, -0.25) is 10.3 Å². The van der Waals surface area contributed by atoms with E-state index >= 15 is 0 Å². The first-order valence-electron chi connectivity index (χ1n) is 8.14. The fraction of sp³-hybridized carbons (Fsp3) is 0.316. The summed E-state index contributed by atoms with van der Waals surface area (Å²) in [6.07, 6.45) is 0. The van der Waals surface area contributed by atoms with Crippen molar-refractivity contribution in [1.29, 1.82) is 0 Å². The van der Waals surface area contributed by atoms with E-state index in [1.165, 1.54) is 0 Å². The van der Waals surface area contributed by atoms with Gasteiger partial charge in [0.15, 0.2) is 0 Å². The van der Waals surface area contributed by atoms with E-state index in [4.69, 9.17) is 11.6 Å². The monoisotopic (exact) mass is 345 g/mol. The van der Waals surface area contributed by atoms with Gasteiger partial charge in [0.25, 0.3) is 0 Å². The number of benzene rings is 2. The third-order valence-corrected chi connectivity index (χ3v) is 4.33. The summed E-state index contributed by atoms with van der Waals surface area (Å²) in [5, 5.41) is 15.1. The minimum Gasteiger partial charge on any atom is -0.508 e. The molecule has 2 aromatic rings. The van der Waals surface area contributed by atoms with Crippen LogP contribution in [0.5, 0.6) is 5.75 Å². The maximum absolute atomic E-state index is 10.1. The predicted molar refractivity (Wildman–Crippen MR) is 102 cm³/mol. The van der Waals surface area contributed by atoms with Crippen LogP contribution in [0, 0.1) is 0 Å². The molecule has 0 atom stereocenters. The number of phenols is 1. The highest BCUT2D eigenvalue weighted by molar-refractivity contribution is 6.33. The van der Waals surface area contributed by atoms with E-state index in [1.807, 2.05) is 43.3 Å². The number of anilines is 1. The third kappa shape index (κ3) is 4.73. The van der Waals surface area contributed by atoms with Gasteiger partial charge in [-0.05, 0) is 55.9 Å². The van der Waals surface area contributed by atoms with Crippen LogP contribution >= 0.6 is 11.6 Å². The highest BCUT2D eigenvalue weighted by Crippen LogP contribution is 2.22. The van der Waals surface area contributed by atoms with Crippen molar-refractivity contribution in [3.8, 4) is 5.75 Å². The summed E-state index contributed by atoms with van der Waals surface area (Å²) in [6, 6.07) is 13.1. The standard InChI is InChI=1S/C19H24ClN3O/c1-4-23(5-2)13-16-12-15(10-11-19(16)24)14(3)21-22-18-9-7-6-8-17(18)20/h6-12,22,24H,4-5,13H2,1-3H3/b21-14+. The van der Waals surface area contributed by atoms with Gasteiger partial charge in [0.05, 0.1) is 16.4 Å². The SMILES string of the molecule is CCN(CC)Cc1cc(/C(C)=N/Nc2ccccc2Cl)ccc1O. The van der Waals surface area contributed by atoms with Crippen molar-refractivity contribution in [2.24, 2.45) is 5.10 Å². The van der Waals surface area contributed by atoms with Crippen LogP contribution in [0.15, 0.2) is 47.6 Å². The topological polar surface area (TPSA) is 47.9 Å². The number of para-hydroxylation sites is 1. The molecule has 4 nitrogen and oxygen atoms in total. The molecule has 2 aromatic carbocycles. The van der Waals surface area contributed by atoms with E-state index < -0.39 is 0 Å². The second-order valence-corrected chi connectivity index (χ2v) is 6.00. The van der Waals surface area contributed by atoms with Gasteiger partial charge in [0, 0.05) is 12.1 Å². The lowest BCUT2D eigenvalue weighted by atomic mass is 10.1. The van der Waals surface area contributed by atoms with Crippen molar-refractivity contribution in [3.05, 3.63) is 58.6 Å². The molecule has 0 unspecified atom stereocenters. The molecule has 0 saturated heterocycles. The number of nitrogens with zero attached hydrogens (tertiary/aromatic N) is 2. The van der Waals surface area contributed by atoms with Crippen LogP contribution in [0.25, 0.3) is 0 Å². The van der Waals surface area contributed by atoms with Crippen molar-refractivity contribution in [2.45, 2.75) is 27.3 Å². The molecule has 0 aliphatic heterocycles. The second-order valence-electron chi connectivity index (χ2n) is 5.59. The Labute approximate surface area is 148 Å². The lowest BCUT2D eigenvalue weighted by molar-refractivity contribution is 0.291. The molecule has 0 bridgehead atoms. The Morgan fingerprint density at radius 3 is 2.54 bits per heavy atom. The van der Waals surface area contributed by atoms with Crippen LogP contribution in [-0.2, 0) is 6.54 Å². The Morgan fingerprint density at radius 2 is 1.88 bits per heavy atom. The maximum atomic E-state index is 10.1. The van der Waals surface area contributed by atoms with Crippen molar-refractivity contribution in [1.82, 2.24) is 4.90 Å². The number of nitrogens with one attached hydrogen (secondary N) is 1. The second kappa shape index (κ2) is 8.71. The molecule has 0 amide bonds. The lowest BCUT2D eigenvalue weighted by Gasteiger charge is -2.19. The van der Waals surface area contributed by atoms with E-state index in [0.717, 1.165) is 42.2 Å². The first kappa shape index (κ1) is 18.3. The molecule has 0 radical (unpaired) electrons. The normalized spacial score (nSPS) is 11.8. The average molecular weight is 346 g/mol. The summed E-state index contributed by atoms with van der Waals surface area (Å²) in [5.41, 5.74) is 6.46. The summed E-state index contributed by atoms with van der Waals surface area (Å²) in [6.45, 7) is 8.77. The van der Waals surface area contributed by atoms with Crippen LogP contribution in [0.2, 0.25) is 5.02 Å². The van der Waals surface area contributed by atoms with Gasteiger partial charge in [0.1, 0.15) is 5.75 Å². The molecular weight excluding hydrogens is 322 g/mol. The van der Waals surface area contributed by atoms with Crippen LogP contribution in [-0.4, -0.2) is 28.8 Å². The Bertz CT molecular complexity index is 712. The zero-order chi connectivity index (χ0) is 17.5. The van der Waals surface area contributed by atoms with Gasteiger partial charge >= 0.3 is 0 Å². The van der Waals surface area contributed by atoms with E-state index in [0.29, 0.717) is 10.8 Å². The molecule has 5 heteroatoms. The molecule has 0 aliphatic rings. The van der Waals surface area contributed by atoms with Crippen LogP contribution in [0.3, 0.4) is 0 Å². The smallest absolute Gasteiger partial charge is 0.120 e. The van der Waals surface area contributed by atoms with Crippen LogP contribution < -0.4 is 5.43 Å². The molecule has 2 rings (SSSR count). The zero-order valence-electron chi connectivity index (χ0n) is 14.4. The Morgan fingerprint density at radius 1 is 1.17 bits per heavy atom. The van der Waals surface area contributed by atoms with Gasteiger partial charge in [-0.1, -0.05) is 37.6 Å². The Hall–Kier alpha value is -2.04. The van der Waals surface area contributed by atoms with Crippen molar-refractivity contribution in [2.75, 3.05) is 18.5 Å². The average Bonchev–Trinajstić information content (AvgIpc) is 2.60. The third-order valence-electron chi connectivity index (χ3n) is 4.00. The van der Waals surface area contributed by atoms with Gasteiger partial charge in [-0.25, -0.2) is 0 Å². The summed E-state index contributed by atoms with van der Waals surface area (Å²) >= 11 is 6.12. The minimum absolute atomic E-state index is 0.317. The number of rotatable bonds is 7. The van der Waals surface area contributed by atoms with Gasteiger partial charge in [0.2, 0.25) is 0 Å². The molecule has 2 N–H and O–H groups in total. The summed E-state index contributed by atoms with van der Waals surface area (Å²) in [4.78, 5) is 2.26. The molecule has 0 aromatic heterocycles. The Kier molecular flexibility index (Phi) is 6.64. The number of halogens is 1. The highest BCUT2D eigenvalue weighted by Gasteiger charge is 2.08. The summed E-state index contributed by atoms with van der Waals surface area (Å²) in [5.74, 6) is 0.317. The van der Waals surface area contributed by atoms with Gasteiger partial charge < -0.3 is 5.11 Å². The minimum atomic E-state index is 0.317. The maximum Gasteiger partial charge on any atom is 0.120 e. The quantitative estimate of drug-likeness (QED) is 0.563. The van der Waals surface area contributed by atoms with Gasteiger partial charge in [-0.15, -0.1) is 0 Å². The fourth-order valence-corrected chi connectivity index (χ4v) is 2.56. The van der Waals surface area contributed by atoms with Crippen LogP contribution in [0.1, 0.15) is 31.9 Å². The Balaban J connectivity index is 2.18. The first-order chi connectivity index (χ1) is 11.5. The predicted octanol–water partition coefficient (Wildman–Crippen LogP) is 4.72. The number of aromatic hydroxyl groups is 1. The van der Waals surface area contributed by atoms with Gasteiger partial charge in [-0.2, -0.15) is 5.10 Å². The van der Waals surface area contributed by atoms with Crippen LogP contribution in [0.4, 0.5) is 5.69 Å². The summed E-state index contributed by atoms with van der Waals surface area (Å²) in [7, 11) is 0. The van der Waals surface area contributed by atoms with E-state index in [-0.39, 0.29) is 0 Å². The highest BCUT2D eigenvalue weighted by atomic mass is 35.5. The van der Waals surface area contributed by atoms with Crippen molar-refractivity contribution < 1.29 is 5.11 Å². The molecule has 24 heavy (non-hydrogen) atoms. The molecule has 0 aliphatic carbocycles. The van der Waals surface area contributed by atoms with E-state index in [2.05, 4.69) is 29.3 Å². The first-order valence-corrected chi connectivity index (χ1v) is 8.52. The molecule has 0 spiro atoms. The van der Waals surface area contributed by atoms with Crippen molar-refractivity contribution >= 4 is 23.0 Å². The summed E-state index contributed by atoms with van der Waals surface area (Å²) < 4.78 is 0. The molecule has 0 saturated carbocycles. The number of hydrogen-bond acceptors (Lipinski definition) is 4.